The van der Waals surface area contributed by atoms with Crippen LogP contribution in [0.25, 0.3) is 10.2 Å². The van der Waals surface area contributed by atoms with Gasteiger partial charge < -0.3 is 14.8 Å². The molecule has 0 bridgehead atoms. The van der Waals surface area contributed by atoms with E-state index in [-0.39, 0.29) is 18.6 Å². The summed E-state index contributed by atoms with van der Waals surface area (Å²) in [6, 6.07) is 15.7. The van der Waals surface area contributed by atoms with E-state index in [0.717, 1.165) is 33.0 Å². The van der Waals surface area contributed by atoms with Gasteiger partial charge in [0.1, 0.15) is 17.4 Å². The Morgan fingerprint density at radius 1 is 1.24 bits per heavy atom. The third-order valence-electron chi connectivity index (χ3n) is 4.09. The molecule has 1 amide bonds. The van der Waals surface area contributed by atoms with Crippen LogP contribution in [-0.4, -0.2) is 24.1 Å². The van der Waals surface area contributed by atoms with E-state index in [1.54, 1.807) is 11.3 Å². The largest absolute Gasteiger partial charge is 0.493 e. The first-order valence-corrected chi connectivity index (χ1v) is 9.04. The second-order valence-corrected chi connectivity index (χ2v) is 6.98. The molecule has 2 heterocycles. The number of aromatic nitrogens is 1. The number of hydrogen-bond acceptors (Lipinski definition) is 5. The van der Waals surface area contributed by atoms with E-state index in [2.05, 4.69) is 10.3 Å². The van der Waals surface area contributed by atoms with E-state index in [1.165, 1.54) is 0 Å². The Balaban J connectivity index is 1.31. The van der Waals surface area contributed by atoms with Gasteiger partial charge in [-0.2, -0.15) is 0 Å². The van der Waals surface area contributed by atoms with Gasteiger partial charge in [0.05, 0.1) is 29.5 Å². The van der Waals surface area contributed by atoms with Crippen LogP contribution in [-0.2, 0) is 16.1 Å². The summed E-state index contributed by atoms with van der Waals surface area (Å²) in [5.41, 5.74) is 1.99. The molecular weight excluding hydrogens is 336 g/mol. The third kappa shape index (κ3) is 3.65. The predicted molar refractivity (Wildman–Crippen MR) is 96.7 cm³/mol. The number of rotatable bonds is 5. The van der Waals surface area contributed by atoms with Crippen molar-refractivity contribution >= 4 is 27.5 Å². The summed E-state index contributed by atoms with van der Waals surface area (Å²) in [6.07, 6.45) is 0.765. The van der Waals surface area contributed by atoms with Crippen LogP contribution in [0.4, 0.5) is 0 Å². The van der Waals surface area contributed by atoms with Crippen molar-refractivity contribution in [3.8, 4) is 5.75 Å². The number of nitrogens with zero attached hydrogens (tertiary/aromatic N) is 1. The first-order chi connectivity index (χ1) is 12.3. The van der Waals surface area contributed by atoms with Crippen molar-refractivity contribution < 1.29 is 14.3 Å². The molecule has 6 heteroatoms. The number of carbonyl (C=O) groups excluding carboxylic acids is 1. The molecule has 3 aromatic rings. The zero-order valence-electron chi connectivity index (χ0n) is 13.6. The van der Waals surface area contributed by atoms with E-state index in [1.807, 2.05) is 48.5 Å². The number of fused-ring (bicyclic) bond motifs is 2. The summed E-state index contributed by atoms with van der Waals surface area (Å²) in [6.45, 7) is 0.973. The lowest BCUT2D eigenvalue weighted by Gasteiger charge is -2.26. The molecule has 1 aromatic heterocycles. The van der Waals surface area contributed by atoms with Crippen LogP contribution in [0.15, 0.2) is 48.5 Å². The second kappa shape index (κ2) is 7.21. The molecule has 0 radical (unpaired) electrons. The molecule has 0 unspecified atom stereocenters. The quantitative estimate of drug-likeness (QED) is 0.762. The summed E-state index contributed by atoms with van der Waals surface area (Å²) in [7, 11) is 0. The van der Waals surface area contributed by atoms with Crippen molar-refractivity contribution in [2.45, 2.75) is 19.1 Å². The lowest BCUT2D eigenvalue weighted by Crippen LogP contribution is -2.34. The fourth-order valence-electron chi connectivity index (χ4n) is 2.94. The number of para-hydroxylation sites is 2. The highest BCUT2D eigenvalue weighted by molar-refractivity contribution is 7.18. The van der Waals surface area contributed by atoms with Gasteiger partial charge in [-0.3, -0.25) is 4.79 Å². The van der Waals surface area contributed by atoms with E-state index in [4.69, 9.17) is 9.47 Å². The number of ether oxygens (including phenoxy) is 2. The molecule has 4 rings (SSSR count). The Kier molecular flexibility index (Phi) is 4.63. The zero-order chi connectivity index (χ0) is 17.1. The van der Waals surface area contributed by atoms with Crippen LogP contribution >= 0.6 is 11.3 Å². The van der Waals surface area contributed by atoms with Crippen LogP contribution in [0.2, 0.25) is 0 Å². The molecular formula is C19H18N2O3S. The summed E-state index contributed by atoms with van der Waals surface area (Å²) < 4.78 is 12.3. The van der Waals surface area contributed by atoms with Gasteiger partial charge in [0.2, 0.25) is 5.91 Å². The lowest BCUT2D eigenvalue weighted by atomic mass is 10.0. The average Bonchev–Trinajstić information content (AvgIpc) is 3.05. The van der Waals surface area contributed by atoms with Gasteiger partial charge in [0, 0.05) is 12.0 Å². The van der Waals surface area contributed by atoms with Gasteiger partial charge in [-0.05, 0) is 18.2 Å². The van der Waals surface area contributed by atoms with Crippen LogP contribution in [0.5, 0.6) is 5.75 Å². The minimum absolute atomic E-state index is 0.0233. The molecule has 25 heavy (non-hydrogen) atoms. The fraction of sp³-hybridized carbons (Fsp3) is 0.263. The Hall–Kier alpha value is -2.44. The van der Waals surface area contributed by atoms with Gasteiger partial charge in [-0.1, -0.05) is 30.3 Å². The number of thiazole rings is 1. The highest BCUT2D eigenvalue weighted by atomic mass is 32.1. The highest BCUT2D eigenvalue weighted by Gasteiger charge is 2.22. The van der Waals surface area contributed by atoms with Crippen molar-refractivity contribution in [1.82, 2.24) is 10.3 Å². The van der Waals surface area contributed by atoms with Crippen LogP contribution in [0, 0.1) is 0 Å². The summed E-state index contributed by atoms with van der Waals surface area (Å²) in [4.78, 5) is 16.7. The maximum absolute atomic E-state index is 12.2. The molecule has 5 nitrogen and oxygen atoms in total. The van der Waals surface area contributed by atoms with E-state index in [9.17, 15) is 4.79 Å². The van der Waals surface area contributed by atoms with Crippen LogP contribution in [0.1, 0.15) is 23.0 Å². The molecule has 1 N–H and O–H groups in total. The van der Waals surface area contributed by atoms with Crippen LogP contribution < -0.4 is 10.1 Å². The molecule has 128 valence electrons. The van der Waals surface area contributed by atoms with Gasteiger partial charge in [-0.15, -0.1) is 11.3 Å². The number of nitrogens with one attached hydrogen (secondary N) is 1. The first-order valence-electron chi connectivity index (χ1n) is 8.23. The van der Waals surface area contributed by atoms with Gasteiger partial charge in [0.15, 0.2) is 0 Å². The fourth-order valence-corrected chi connectivity index (χ4v) is 3.85. The summed E-state index contributed by atoms with van der Waals surface area (Å²) in [5.74, 6) is 0.720. The third-order valence-corrected chi connectivity index (χ3v) is 5.10. The monoisotopic (exact) mass is 354 g/mol. The average molecular weight is 354 g/mol. The van der Waals surface area contributed by atoms with Crippen molar-refractivity contribution in [3.63, 3.8) is 0 Å². The van der Waals surface area contributed by atoms with Crippen molar-refractivity contribution in [2.24, 2.45) is 0 Å². The van der Waals surface area contributed by atoms with E-state index < -0.39 is 0 Å². The molecule has 0 saturated carbocycles. The molecule has 0 spiro atoms. The smallest absolute Gasteiger partial charge is 0.246 e. The molecule has 0 saturated heterocycles. The Morgan fingerprint density at radius 2 is 2.08 bits per heavy atom. The number of benzene rings is 2. The molecule has 1 atom stereocenters. The topological polar surface area (TPSA) is 60.5 Å². The normalized spacial score (nSPS) is 16.2. The number of amides is 1. The SMILES string of the molecule is O=C(COCc1nc2ccccc2s1)N[C@@H]1CCOc2ccccc21. The molecule has 1 aliphatic rings. The Bertz CT molecular complexity index is 860. The maximum Gasteiger partial charge on any atom is 0.246 e. The molecule has 0 fully saturated rings. The first kappa shape index (κ1) is 16.1. The van der Waals surface area contributed by atoms with Crippen LogP contribution in [0.3, 0.4) is 0 Å². The lowest BCUT2D eigenvalue weighted by molar-refractivity contribution is -0.127. The Morgan fingerprint density at radius 3 is 3.00 bits per heavy atom. The number of carbonyl (C=O) groups is 1. The zero-order valence-corrected chi connectivity index (χ0v) is 14.4. The maximum atomic E-state index is 12.2. The predicted octanol–water partition coefficient (Wildman–Crippen LogP) is 3.45. The van der Waals surface area contributed by atoms with E-state index >= 15 is 0 Å². The minimum Gasteiger partial charge on any atom is -0.493 e. The highest BCUT2D eigenvalue weighted by Crippen LogP contribution is 2.31. The van der Waals surface area contributed by atoms with E-state index in [0.29, 0.717) is 13.2 Å². The Labute approximate surface area is 149 Å². The number of hydrogen-bond donors (Lipinski definition) is 1. The summed E-state index contributed by atoms with van der Waals surface area (Å²) >= 11 is 1.59. The van der Waals surface area contributed by atoms with Gasteiger partial charge >= 0.3 is 0 Å². The minimum atomic E-state index is -0.122. The molecule has 2 aromatic carbocycles. The van der Waals surface area contributed by atoms with Crippen molar-refractivity contribution in [1.29, 1.82) is 0 Å². The molecule has 1 aliphatic heterocycles. The molecule has 0 aliphatic carbocycles. The second-order valence-electron chi connectivity index (χ2n) is 5.86. The van der Waals surface area contributed by atoms with Gasteiger partial charge in [-0.25, -0.2) is 4.98 Å². The standard InChI is InChI=1S/C19H18N2O3S/c22-18(20-14-9-10-24-16-7-3-1-5-13(14)16)11-23-12-19-21-15-6-2-4-8-17(15)25-19/h1-8,14H,9-12H2,(H,20,22)/t14-/m1/s1. The summed E-state index contributed by atoms with van der Waals surface area (Å²) in [5, 5.41) is 3.91. The van der Waals surface area contributed by atoms with Crippen molar-refractivity contribution in [2.75, 3.05) is 13.2 Å². The van der Waals surface area contributed by atoms with Gasteiger partial charge in [0.25, 0.3) is 0 Å². The van der Waals surface area contributed by atoms with Crippen molar-refractivity contribution in [3.05, 3.63) is 59.1 Å².